The van der Waals surface area contributed by atoms with Crippen molar-refractivity contribution < 1.29 is 9.59 Å². The first-order valence-electron chi connectivity index (χ1n) is 8.81. The lowest BCUT2D eigenvalue weighted by molar-refractivity contribution is -0.112. The first-order chi connectivity index (χ1) is 12.9. The molecular weight excluding hydrogens is 380 g/mol. The van der Waals surface area contributed by atoms with Crippen LogP contribution in [0.15, 0.2) is 52.3 Å². The smallest absolute Gasteiger partial charge is 0.262 e. The molecule has 140 valence electrons. The summed E-state index contributed by atoms with van der Waals surface area (Å²) in [6.45, 7) is 4.87. The molecule has 2 N–H and O–H groups in total. The fraction of sp³-hybridized carbons (Fsp3) is 0.238. The molecule has 2 aromatic carbocycles. The molecule has 0 spiro atoms. The van der Waals surface area contributed by atoms with Crippen molar-refractivity contribution in [1.29, 1.82) is 0 Å². The Morgan fingerprint density at radius 2 is 2.04 bits per heavy atom. The summed E-state index contributed by atoms with van der Waals surface area (Å²) >= 11 is 7.55. The van der Waals surface area contributed by atoms with E-state index in [0.717, 1.165) is 16.9 Å². The molecule has 2 amide bonds. The van der Waals surface area contributed by atoms with E-state index in [0.29, 0.717) is 33.6 Å². The van der Waals surface area contributed by atoms with Crippen molar-refractivity contribution in [3.05, 3.63) is 63.5 Å². The van der Waals surface area contributed by atoms with Crippen LogP contribution >= 0.6 is 23.4 Å². The van der Waals surface area contributed by atoms with Gasteiger partial charge in [-0.05, 0) is 48.2 Å². The standard InChI is InChI=1S/C21H21ClN2O2S/c1-13(2)9-10-23-20(25)15-7-8-18-17(11-15)24-21(26)19(27-18)12-14-5-3-4-6-16(14)22/h3-8,11-13H,9-10H2,1-2H3,(H,23,25)(H,24,26)/b19-12+. The number of thioether (sulfide) groups is 1. The van der Waals surface area contributed by atoms with Gasteiger partial charge in [-0.1, -0.05) is 55.4 Å². The Labute approximate surface area is 168 Å². The highest BCUT2D eigenvalue weighted by Gasteiger charge is 2.22. The second-order valence-electron chi connectivity index (χ2n) is 6.74. The van der Waals surface area contributed by atoms with Crippen molar-refractivity contribution in [2.45, 2.75) is 25.2 Å². The van der Waals surface area contributed by atoms with Crippen molar-refractivity contribution in [3.63, 3.8) is 0 Å². The molecular formula is C21H21ClN2O2S. The molecule has 0 saturated carbocycles. The van der Waals surface area contributed by atoms with Gasteiger partial charge >= 0.3 is 0 Å². The van der Waals surface area contributed by atoms with Gasteiger partial charge in [-0.2, -0.15) is 0 Å². The number of benzene rings is 2. The Morgan fingerprint density at radius 3 is 2.78 bits per heavy atom. The molecule has 27 heavy (non-hydrogen) atoms. The first-order valence-corrected chi connectivity index (χ1v) is 10.0. The molecule has 0 aromatic heterocycles. The lowest BCUT2D eigenvalue weighted by atomic mass is 10.1. The monoisotopic (exact) mass is 400 g/mol. The average molecular weight is 401 g/mol. The van der Waals surface area contributed by atoms with Gasteiger partial charge in [0.15, 0.2) is 0 Å². The van der Waals surface area contributed by atoms with E-state index in [1.165, 1.54) is 11.8 Å². The summed E-state index contributed by atoms with van der Waals surface area (Å²) in [6, 6.07) is 12.7. The maximum absolute atomic E-state index is 12.5. The third-order valence-electron chi connectivity index (χ3n) is 4.13. The number of fused-ring (bicyclic) bond motifs is 1. The molecule has 6 heteroatoms. The number of carbonyl (C=O) groups is 2. The fourth-order valence-electron chi connectivity index (χ4n) is 2.61. The van der Waals surface area contributed by atoms with Gasteiger partial charge in [0.05, 0.1) is 10.6 Å². The van der Waals surface area contributed by atoms with Crippen molar-refractivity contribution >= 4 is 46.9 Å². The number of rotatable bonds is 5. The third-order valence-corrected chi connectivity index (χ3v) is 5.58. The van der Waals surface area contributed by atoms with Crippen molar-refractivity contribution in [2.75, 3.05) is 11.9 Å². The van der Waals surface area contributed by atoms with Crippen LogP contribution in [0, 0.1) is 5.92 Å². The maximum atomic E-state index is 12.5. The topological polar surface area (TPSA) is 58.2 Å². The number of carbonyl (C=O) groups excluding carboxylic acids is 2. The van der Waals surface area contributed by atoms with Crippen molar-refractivity contribution in [3.8, 4) is 0 Å². The summed E-state index contributed by atoms with van der Waals surface area (Å²) in [6.07, 6.45) is 2.71. The van der Waals surface area contributed by atoms with E-state index < -0.39 is 0 Å². The number of anilines is 1. The summed E-state index contributed by atoms with van der Waals surface area (Å²) in [5, 5.41) is 6.37. The predicted octanol–water partition coefficient (Wildman–Crippen LogP) is 5.20. The number of hydrogen-bond donors (Lipinski definition) is 2. The quantitative estimate of drug-likeness (QED) is 0.678. The van der Waals surface area contributed by atoms with Crippen LogP contribution in [0.25, 0.3) is 6.08 Å². The van der Waals surface area contributed by atoms with E-state index in [9.17, 15) is 9.59 Å². The summed E-state index contributed by atoms with van der Waals surface area (Å²) < 4.78 is 0. The van der Waals surface area contributed by atoms with E-state index in [2.05, 4.69) is 24.5 Å². The molecule has 0 bridgehead atoms. The zero-order chi connectivity index (χ0) is 19.4. The lowest BCUT2D eigenvalue weighted by Gasteiger charge is -2.19. The summed E-state index contributed by atoms with van der Waals surface area (Å²) in [5.41, 5.74) is 1.98. The molecule has 3 rings (SSSR count). The molecule has 0 saturated heterocycles. The van der Waals surface area contributed by atoms with E-state index in [1.54, 1.807) is 24.3 Å². The Hall–Kier alpha value is -2.24. The molecule has 0 radical (unpaired) electrons. The molecule has 0 atom stereocenters. The van der Waals surface area contributed by atoms with Crippen LogP contribution in [-0.4, -0.2) is 18.4 Å². The van der Waals surface area contributed by atoms with Crippen LogP contribution in [-0.2, 0) is 4.79 Å². The first kappa shape index (κ1) is 19.5. The minimum Gasteiger partial charge on any atom is -0.352 e. The Bertz CT molecular complexity index is 909. The number of nitrogens with one attached hydrogen (secondary N) is 2. The van der Waals surface area contributed by atoms with Gasteiger partial charge in [-0.15, -0.1) is 0 Å². The van der Waals surface area contributed by atoms with Crippen LogP contribution in [0.2, 0.25) is 5.02 Å². The summed E-state index contributed by atoms with van der Waals surface area (Å²) in [7, 11) is 0. The Morgan fingerprint density at radius 1 is 1.26 bits per heavy atom. The van der Waals surface area contributed by atoms with Gasteiger partial charge in [0.1, 0.15) is 0 Å². The second kappa shape index (κ2) is 8.63. The molecule has 0 fully saturated rings. The number of halogens is 1. The van der Waals surface area contributed by atoms with E-state index in [-0.39, 0.29) is 11.8 Å². The van der Waals surface area contributed by atoms with Gasteiger partial charge < -0.3 is 10.6 Å². The molecule has 1 heterocycles. The largest absolute Gasteiger partial charge is 0.352 e. The minimum absolute atomic E-state index is 0.130. The third kappa shape index (κ3) is 4.93. The van der Waals surface area contributed by atoms with Gasteiger partial charge in [0.2, 0.25) is 0 Å². The number of amides is 2. The van der Waals surface area contributed by atoms with Crippen LogP contribution in [0.5, 0.6) is 0 Å². The molecule has 0 unspecified atom stereocenters. The second-order valence-corrected chi connectivity index (χ2v) is 8.23. The summed E-state index contributed by atoms with van der Waals surface area (Å²) in [5.74, 6) is 0.202. The maximum Gasteiger partial charge on any atom is 0.262 e. The van der Waals surface area contributed by atoms with E-state index in [4.69, 9.17) is 11.6 Å². The van der Waals surface area contributed by atoms with Crippen molar-refractivity contribution in [2.24, 2.45) is 5.92 Å². The SMILES string of the molecule is CC(C)CCNC(=O)c1ccc2c(c1)NC(=O)/C(=C\c1ccccc1Cl)S2. The average Bonchev–Trinajstić information content (AvgIpc) is 2.63. The van der Waals surface area contributed by atoms with Gasteiger partial charge in [-0.3, -0.25) is 9.59 Å². The highest BCUT2D eigenvalue weighted by molar-refractivity contribution is 8.04. The predicted molar refractivity (Wildman–Crippen MR) is 112 cm³/mol. The van der Waals surface area contributed by atoms with Gasteiger partial charge in [-0.25, -0.2) is 0 Å². The van der Waals surface area contributed by atoms with Crippen LogP contribution in [0.4, 0.5) is 5.69 Å². The Kier molecular flexibility index (Phi) is 6.24. The van der Waals surface area contributed by atoms with Crippen LogP contribution in [0.3, 0.4) is 0 Å². The highest BCUT2D eigenvalue weighted by Crippen LogP contribution is 2.39. The Balaban J connectivity index is 1.76. The van der Waals surface area contributed by atoms with Crippen LogP contribution < -0.4 is 10.6 Å². The summed E-state index contributed by atoms with van der Waals surface area (Å²) in [4.78, 5) is 26.2. The van der Waals surface area contributed by atoms with Gasteiger partial charge in [0, 0.05) is 22.0 Å². The zero-order valence-electron chi connectivity index (χ0n) is 15.2. The van der Waals surface area contributed by atoms with Gasteiger partial charge in [0.25, 0.3) is 11.8 Å². The molecule has 0 aliphatic carbocycles. The van der Waals surface area contributed by atoms with E-state index in [1.807, 2.05) is 24.3 Å². The lowest BCUT2D eigenvalue weighted by Crippen LogP contribution is -2.26. The van der Waals surface area contributed by atoms with Crippen LogP contribution in [0.1, 0.15) is 36.2 Å². The van der Waals surface area contributed by atoms with E-state index >= 15 is 0 Å². The molecule has 2 aromatic rings. The molecule has 1 aliphatic rings. The minimum atomic E-state index is -0.204. The molecule has 1 aliphatic heterocycles. The highest BCUT2D eigenvalue weighted by atomic mass is 35.5. The molecule has 4 nitrogen and oxygen atoms in total. The number of hydrogen-bond acceptors (Lipinski definition) is 3. The normalized spacial score (nSPS) is 14.8. The fourth-order valence-corrected chi connectivity index (χ4v) is 3.72. The van der Waals surface area contributed by atoms with Crippen molar-refractivity contribution in [1.82, 2.24) is 5.32 Å². The zero-order valence-corrected chi connectivity index (χ0v) is 16.8.